The highest BCUT2D eigenvalue weighted by molar-refractivity contribution is 7.81. The summed E-state index contributed by atoms with van der Waals surface area (Å²) in [6.45, 7) is -2.17. The summed E-state index contributed by atoms with van der Waals surface area (Å²) in [4.78, 5) is 1.22. The summed E-state index contributed by atoms with van der Waals surface area (Å²) < 4.78 is 99.2. The maximum Gasteiger partial charge on any atom is 0.397 e. The molecule has 0 fully saturated rings. The molecular weight excluding hydrogens is 374 g/mol. The van der Waals surface area contributed by atoms with Gasteiger partial charge in [-0.1, -0.05) is 0 Å². The van der Waals surface area contributed by atoms with E-state index >= 15 is 0 Å². The summed E-state index contributed by atoms with van der Waals surface area (Å²) in [5.74, 6) is 0. The summed E-state index contributed by atoms with van der Waals surface area (Å²) in [6.07, 6.45) is 0. The number of hydrogen-bond acceptors (Lipinski definition) is 10. The first kappa shape index (κ1) is 21.6. The van der Waals surface area contributed by atoms with E-state index < -0.39 is 51.0 Å². The van der Waals surface area contributed by atoms with Crippen LogP contribution in [0.1, 0.15) is 0 Å². The highest BCUT2D eigenvalue weighted by Crippen LogP contribution is 1.96. The molecule has 0 aromatic heterocycles. The molecule has 0 atom stereocenters. The Morgan fingerprint density at radius 2 is 0.818 bits per heavy atom. The SMILES string of the molecule is O=S(=O)(O)OCCN(CCOS(=O)(=O)O)CCOS(=O)(=O)O. The smallest absolute Gasteiger partial charge is 0.296 e. The van der Waals surface area contributed by atoms with Crippen LogP contribution >= 0.6 is 0 Å². The zero-order chi connectivity index (χ0) is 17.4. The predicted octanol–water partition coefficient (Wildman–Crippen LogP) is -2.25. The average molecular weight is 389 g/mol. The lowest BCUT2D eigenvalue weighted by atomic mass is 10.4. The highest BCUT2D eigenvalue weighted by Gasteiger charge is 2.13. The van der Waals surface area contributed by atoms with Gasteiger partial charge in [-0.3, -0.25) is 18.6 Å². The molecule has 0 aliphatic carbocycles. The molecule has 0 amide bonds. The van der Waals surface area contributed by atoms with Crippen molar-refractivity contribution >= 4 is 31.2 Å². The van der Waals surface area contributed by atoms with Crippen molar-refractivity contribution in [3.8, 4) is 0 Å². The van der Waals surface area contributed by atoms with Crippen molar-refractivity contribution in [2.75, 3.05) is 39.5 Å². The second kappa shape index (κ2) is 9.01. The van der Waals surface area contributed by atoms with Crippen LogP contribution in [0.25, 0.3) is 0 Å². The Morgan fingerprint density at radius 1 is 0.591 bits per heavy atom. The first-order chi connectivity index (χ1) is 9.79. The summed E-state index contributed by atoms with van der Waals surface area (Å²) in [6, 6.07) is 0. The van der Waals surface area contributed by atoms with Crippen LogP contribution in [0.2, 0.25) is 0 Å². The Labute approximate surface area is 127 Å². The van der Waals surface area contributed by atoms with Gasteiger partial charge in [-0.2, -0.15) is 25.3 Å². The topological polar surface area (TPSA) is 194 Å². The molecule has 0 spiro atoms. The molecule has 22 heavy (non-hydrogen) atoms. The van der Waals surface area contributed by atoms with Crippen LogP contribution in [0.5, 0.6) is 0 Å². The molecule has 0 aromatic carbocycles. The Balaban J connectivity index is 4.35. The van der Waals surface area contributed by atoms with Crippen LogP contribution in [0.15, 0.2) is 0 Å². The van der Waals surface area contributed by atoms with Crippen molar-refractivity contribution in [3.63, 3.8) is 0 Å². The van der Waals surface area contributed by atoms with Crippen molar-refractivity contribution in [2.45, 2.75) is 0 Å². The van der Waals surface area contributed by atoms with Crippen molar-refractivity contribution < 1.29 is 51.5 Å². The molecule has 13 nitrogen and oxygen atoms in total. The molecular formula is C6H15NO12S3. The van der Waals surface area contributed by atoms with Gasteiger partial charge in [0, 0.05) is 19.6 Å². The summed E-state index contributed by atoms with van der Waals surface area (Å²) in [5, 5.41) is 0. The van der Waals surface area contributed by atoms with Crippen LogP contribution < -0.4 is 0 Å². The second-order valence-electron chi connectivity index (χ2n) is 3.59. The summed E-state index contributed by atoms with van der Waals surface area (Å²) in [7, 11) is -14.0. The fourth-order valence-electron chi connectivity index (χ4n) is 1.15. The molecule has 0 saturated heterocycles. The van der Waals surface area contributed by atoms with E-state index in [-0.39, 0.29) is 19.6 Å². The average Bonchev–Trinajstić information content (AvgIpc) is 2.23. The molecule has 3 N–H and O–H groups in total. The van der Waals surface area contributed by atoms with Gasteiger partial charge in [0.15, 0.2) is 0 Å². The normalized spacial score (nSPS) is 13.6. The third-order valence-corrected chi connectivity index (χ3v) is 3.31. The maximum atomic E-state index is 10.3. The zero-order valence-corrected chi connectivity index (χ0v) is 13.4. The molecule has 0 aliphatic rings. The second-order valence-corrected chi connectivity index (χ2v) is 6.86. The van der Waals surface area contributed by atoms with Gasteiger partial charge in [0.05, 0.1) is 19.8 Å². The predicted molar refractivity (Wildman–Crippen MR) is 68.9 cm³/mol. The van der Waals surface area contributed by atoms with Crippen LogP contribution in [-0.2, 0) is 43.7 Å². The molecule has 0 heterocycles. The van der Waals surface area contributed by atoms with Crippen molar-refractivity contribution in [3.05, 3.63) is 0 Å². The molecule has 0 rings (SSSR count). The van der Waals surface area contributed by atoms with E-state index in [0.717, 1.165) is 0 Å². The van der Waals surface area contributed by atoms with Crippen LogP contribution in [0.3, 0.4) is 0 Å². The van der Waals surface area contributed by atoms with Gasteiger partial charge in [0.25, 0.3) is 0 Å². The minimum absolute atomic E-state index is 0.191. The van der Waals surface area contributed by atoms with Crippen LogP contribution in [0.4, 0.5) is 0 Å². The molecule has 0 radical (unpaired) electrons. The van der Waals surface area contributed by atoms with Crippen LogP contribution in [-0.4, -0.2) is 83.3 Å². The third kappa shape index (κ3) is 15.9. The van der Waals surface area contributed by atoms with E-state index in [0.29, 0.717) is 0 Å². The fraction of sp³-hybridized carbons (Fsp3) is 1.00. The van der Waals surface area contributed by atoms with Crippen molar-refractivity contribution in [1.82, 2.24) is 4.90 Å². The lowest BCUT2D eigenvalue weighted by Crippen LogP contribution is -2.35. The Kier molecular flexibility index (Phi) is 8.83. The maximum absolute atomic E-state index is 10.3. The Hall–Kier alpha value is -0.430. The van der Waals surface area contributed by atoms with E-state index in [9.17, 15) is 25.3 Å². The lowest BCUT2D eigenvalue weighted by Gasteiger charge is -2.20. The van der Waals surface area contributed by atoms with Crippen molar-refractivity contribution in [1.29, 1.82) is 0 Å². The first-order valence-corrected chi connectivity index (χ1v) is 9.46. The van der Waals surface area contributed by atoms with E-state index in [1.54, 1.807) is 0 Å². The van der Waals surface area contributed by atoms with Crippen molar-refractivity contribution in [2.24, 2.45) is 0 Å². The molecule has 0 saturated carbocycles. The van der Waals surface area contributed by atoms with E-state index in [4.69, 9.17) is 13.7 Å². The monoisotopic (exact) mass is 389 g/mol. The standard InChI is InChI=1S/C6H15NO12S3/c8-20(9,10)17-4-1-7(2-5-18-21(11,12)13)3-6-19-22(14,15)16/h1-6H2,(H,8,9,10)(H,11,12,13)(H,14,15,16). The quantitative estimate of drug-likeness (QED) is 0.303. The van der Waals surface area contributed by atoms with Gasteiger partial charge in [-0.05, 0) is 0 Å². The van der Waals surface area contributed by atoms with Gasteiger partial charge in [-0.15, -0.1) is 0 Å². The molecule has 0 unspecified atom stereocenters. The van der Waals surface area contributed by atoms with Gasteiger partial charge in [0.1, 0.15) is 0 Å². The number of hydrogen-bond donors (Lipinski definition) is 3. The summed E-state index contributed by atoms with van der Waals surface area (Å²) >= 11 is 0. The Bertz CT molecular complexity index is 531. The van der Waals surface area contributed by atoms with Gasteiger partial charge in [-0.25, -0.2) is 12.5 Å². The Morgan fingerprint density at radius 3 is 1.00 bits per heavy atom. The minimum atomic E-state index is -4.67. The van der Waals surface area contributed by atoms with Crippen LogP contribution in [0, 0.1) is 0 Å². The largest absolute Gasteiger partial charge is 0.397 e. The number of nitrogens with zero attached hydrogens (tertiary/aromatic N) is 1. The molecule has 0 aromatic rings. The van der Waals surface area contributed by atoms with E-state index in [2.05, 4.69) is 12.5 Å². The summed E-state index contributed by atoms with van der Waals surface area (Å²) in [5.41, 5.74) is 0. The minimum Gasteiger partial charge on any atom is -0.296 e. The molecule has 0 bridgehead atoms. The zero-order valence-electron chi connectivity index (χ0n) is 10.9. The van der Waals surface area contributed by atoms with Gasteiger partial charge < -0.3 is 0 Å². The van der Waals surface area contributed by atoms with Gasteiger partial charge in [0.2, 0.25) is 0 Å². The molecule has 0 aliphatic heterocycles. The first-order valence-electron chi connectivity index (χ1n) is 5.36. The third-order valence-electron chi connectivity index (χ3n) is 1.92. The van der Waals surface area contributed by atoms with Gasteiger partial charge >= 0.3 is 31.2 Å². The van der Waals surface area contributed by atoms with E-state index in [1.807, 2.05) is 0 Å². The lowest BCUT2D eigenvalue weighted by molar-refractivity contribution is 0.145. The molecule has 16 heteroatoms. The number of rotatable bonds is 12. The van der Waals surface area contributed by atoms with E-state index in [1.165, 1.54) is 4.90 Å². The highest BCUT2D eigenvalue weighted by atomic mass is 32.3. The fourth-order valence-corrected chi connectivity index (χ4v) is 2.01. The molecule has 134 valence electrons.